The summed E-state index contributed by atoms with van der Waals surface area (Å²) in [5.74, 6) is -0.124. The molecular weight excluding hydrogens is 184 g/mol. The molecule has 1 aliphatic rings. The van der Waals surface area contributed by atoms with Gasteiger partial charge in [0, 0.05) is 20.1 Å². The number of nitrogens with zero attached hydrogens (tertiary/aromatic N) is 2. The zero-order valence-electron chi connectivity index (χ0n) is 8.27. The lowest BCUT2D eigenvalue weighted by molar-refractivity contribution is -0.129. The van der Waals surface area contributed by atoms with E-state index in [1.54, 1.807) is 11.9 Å². The lowest BCUT2D eigenvalue weighted by Crippen LogP contribution is -2.58. The smallest absolute Gasteiger partial charge is 0.315 e. The molecule has 6 nitrogen and oxygen atoms in total. The van der Waals surface area contributed by atoms with Crippen molar-refractivity contribution in [1.29, 1.82) is 0 Å². The molecule has 0 spiro atoms. The van der Waals surface area contributed by atoms with E-state index in [-0.39, 0.29) is 18.5 Å². The maximum atomic E-state index is 11.1. The molecule has 1 rings (SSSR count). The van der Waals surface area contributed by atoms with Gasteiger partial charge in [-0.05, 0) is 6.42 Å². The van der Waals surface area contributed by atoms with E-state index in [0.717, 1.165) is 6.42 Å². The molecular formula is C8H16N4O2. The van der Waals surface area contributed by atoms with E-state index in [0.29, 0.717) is 13.1 Å². The van der Waals surface area contributed by atoms with E-state index in [2.05, 4.69) is 0 Å². The average molecular weight is 200 g/mol. The van der Waals surface area contributed by atoms with Crippen LogP contribution in [0.1, 0.15) is 6.42 Å². The Morgan fingerprint density at radius 2 is 2.21 bits per heavy atom. The molecule has 0 aliphatic carbocycles. The highest BCUT2D eigenvalue weighted by molar-refractivity contribution is 5.78. The van der Waals surface area contributed by atoms with Crippen LogP contribution in [0.4, 0.5) is 4.79 Å². The highest BCUT2D eigenvalue weighted by atomic mass is 16.2. The van der Waals surface area contributed by atoms with Crippen LogP contribution < -0.4 is 11.5 Å². The molecule has 80 valence electrons. The molecule has 0 bridgehead atoms. The lowest BCUT2D eigenvalue weighted by atomic mass is 10.0. The number of likely N-dealkylation sites (N-methyl/N-ethyl adjacent to an activating group) is 1. The number of urea groups is 1. The van der Waals surface area contributed by atoms with Crippen molar-refractivity contribution in [1.82, 2.24) is 9.80 Å². The SMILES string of the molecule is CN(CC1CCN1C(N)=O)C(=O)CN. The Hall–Kier alpha value is -1.30. The minimum atomic E-state index is -0.421. The van der Waals surface area contributed by atoms with Crippen molar-refractivity contribution in [2.24, 2.45) is 11.5 Å². The zero-order valence-corrected chi connectivity index (χ0v) is 8.27. The molecule has 0 aromatic heterocycles. The predicted octanol–water partition coefficient (Wildman–Crippen LogP) is -1.44. The highest BCUT2D eigenvalue weighted by Gasteiger charge is 2.32. The maximum Gasteiger partial charge on any atom is 0.315 e. The molecule has 0 saturated carbocycles. The Balaban J connectivity index is 2.38. The van der Waals surface area contributed by atoms with E-state index in [1.807, 2.05) is 0 Å². The monoisotopic (exact) mass is 200 g/mol. The minimum absolute atomic E-state index is 0.000207. The van der Waals surface area contributed by atoms with E-state index in [4.69, 9.17) is 11.5 Å². The number of rotatable bonds is 3. The second-order valence-corrected chi connectivity index (χ2v) is 3.45. The van der Waals surface area contributed by atoms with Crippen molar-refractivity contribution >= 4 is 11.9 Å². The first-order valence-corrected chi connectivity index (χ1v) is 4.56. The van der Waals surface area contributed by atoms with Crippen LogP contribution in [0.2, 0.25) is 0 Å². The summed E-state index contributed by atoms with van der Waals surface area (Å²) in [4.78, 5) is 25.0. The third kappa shape index (κ3) is 2.14. The van der Waals surface area contributed by atoms with E-state index >= 15 is 0 Å². The molecule has 0 aromatic rings. The second kappa shape index (κ2) is 4.28. The van der Waals surface area contributed by atoms with Crippen molar-refractivity contribution in [3.63, 3.8) is 0 Å². The van der Waals surface area contributed by atoms with Gasteiger partial charge in [-0.1, -0.05) is 0 Å². The molecule has 1 heterocycles. The maximum absolute atomic E-state index is 11.1. The van der Waals surface area contributed by atoms with Crippen LogP contribution in [-0.4, -0.2) is 54.5 Å². The molecule has 0 aromatic carbocycles. The molecule has 1 unspecified atom stereocenters. The van der Waals surface area contributed by atoms with Gasteiger partial charge in [-0.25, -0.2) is 4.79 Å². The van der Waals surface area contributed by atoms with Gasteiger partial charge < -0.3 is 21.3 Å². The van der Waals surface area contributed by atoms with Crippen LogP contribution in [-0.2, 0) is 4.79 Å². The standard InChI is InChI=1S/C8H16N4O2/c1-11(7(13)4-9)5-6-2-3-12(6)8(10)14/h6H,2-5,9H2,1H3,(H2,10,14). The molecule has 0 radical (unpaired) electrons. The largest absolute Gasteiger partial charge is 0.351 e. The zero-order chi connectivity index (χ0) is 10.7. The lowest BCUT2D eigenvalue weighted by Gasteiger charge is -2.41. The van der Waals surface area contributed by atoms with Crippen molar-refractivity contribution in [2.45, 2.75) is 12.5 Å². The van der Waals surface area contributed by atoms with Gasteiger partial charge in [-0.15, -0.1) is 0 Å². The van der Waals surface area contributed by atoms with E-state index < -0.39 is 6.03 Å². The average Bonchev–Trinajstić information content (AvgIpc) is 2.09. The molecule has 1 atom stereocenters. The molecule has 14 heavy (non-hydrogen) atoms. The summed E-state index contributed by atoms with van der Waals surface area (Å²) >= 11 is 0. The van der Waals surface area contributed by atoms with Gasteiger partial charge in [0.05, 0.1) is 12.6 Å². The fraction of sp³-hybridized carbons (Fsp3) is 0.750. The summed E-state index contributed by atoms with van der Waals surface area (Å²) in [6.45, 7) is 1.20. The number of hydrogen-bond donors (Lipinski definition) is 2. The van der Waals surface area contributed by atoms with Crippen molar-refractivity contribution in [3.05, 3.63) is 0 Å². The van der Waals surface area contributed by atoms with E-state index in [1.165, 1.54) is 4.90 Å². The Morgan fingerprint density at radius 1 is 1.57 bits per heavy atom. The highest BCUT2D eigenvalue weighted by Crippen LogP contribution is 2.17. The van der Waals surface area contributed by atoms with Gasteiger partial charge in [0.1, 0.15) is 0 Å². The first kappa shape index (κ1) is 10.8. The van der Waals surface area contributed by atoms with E-state index in [9.17, 15) is 9.59 Å². The first-order chi connectivity index (χ1) is 6.56. The van der Waals surface area contributed by atoms with Crippen LogP contribution in [0.25, 0.3) is 0 Å². The van der Waals surface area contributed by atoms with Crippen molar-refractivity contribution < 1.29 is 9.59 Å². The number of nitrogens with two attached hydrogens (primary N) is 2. The van der Waals surface area contributed by atoms with Crippen molar-refractivity contribution in [2.75, 3.05) is 26.7 Å². The van der Waals surface area contributed by atoms with Crippen LogP contribution in [0.3, 0.4) is 0 Å². The van der Waals surface area contributed by atoms with Crippen LogP contribution in [0, 0.1) is 0 Å². The Labute approximate surface area is 82.8 Å². The predicted molar refractivity (Wildman–Crippen MR) is 51.4 cm³/mol. The molecule has 6 heteroatoms. The Bertz CT molecular complexity index is 243. The Kier molecular flexibility index (Phi) is 3.29. The number of carbonyl (C=O) groups is 2. The number of amides is 3. The summed E-state index contributed by atoms with van der Waals surface area (Å²) in [5, 5.41) is 0. The van der Waals surface area contributed by atoms with Gasteiger partial charge in [0.15, 0.2) is 0 Å². The fourth-order valence-corrected chi connectivity index (χ4v) is 1.49. The van der Waals surface area contributed by atoms with Gasteiger partial charge in [-0.3, -0.25) is 4.79 Å². The number of carbonyl (C=O) groups excluding carboxylic acids is 2. The summed E-state index contributed by atoms with van der Waals surface area (Å²) in [6.07, 6.45) is 0.894. The molecule has 1 fully saturated rings. The molecule has 4 N–H and O–H groups in total. The normalized spacial score (nSPS) is 20.1. The first-order valence-electron chi connectivity index (χ1n) is 4.56. The third-order valence-corrected chi connectivity index (χ3v) is 2.51. The van der Waals surface area contributed by atoms with Crippen molar-refractivity contribution in [3.8, 4) is 0 Å². The van der Waals surface area contributed by atoms with Crippen LogP contribution in [0.15, 0.2) is 0 Å². The number of hydrogen-bond acceptors (Lipinski definition) is 3. The van der Waals surface area contributed by atoms with Crippen LogP contribution in [0.5, 0.6) is 0 Å². The third-order valence-electron chi connectivity index (χ3n) is 2.51. The van der Waals surface area contributed by atoms with Gasteiger partial charge in [-0.2, -0.15) is 0 Å². The Morgan fingerprint density at radius 3 is 2.57 bits per heavy atom. The summed E-state index contributed by atoms with van der Waals surface area (Å²) in [6, 6.07) is -0.358. The molecule has 1 saturated heterocycles. The van der Waals surface area contributed by atoms with Gasteiger partial charge in [0.25, 0.3) is 0 Å². The molecule has 3 amide bonds. The number of likely N-dealkylation sites (tertiary alicyclic amines) is 1. The second-order valence-electron chi connectivity index (χ2n) is 3.45. The summed E-state index contributed by atoms with van der Waals surface area (Å²) in [5.41, 5.74) is 10.3. The quantitative estimate of drug-likeness (QED) is 0.584. The summed E-state index contributed by atoms with van der Waals surface area (Å²) in [7, 11) is 1.67. The topological polar surface area (TPSA) is 92.7 Å². The fourth-order valence-electron chi connectivity index (χ4n) is 1.49. The van der Waals surface area contributed by atoms with Gasteiger partial charge in [0.2, 0.25) is 5.91 Å². The number of primary amides is 1. The molecule has 1 aliphatic heterocycles. The summed E-state index contributed by atoms with van der Waals surface area (Å²) < 4.78 is 0. The van der Waals surface area contributed by atoms with Gasteiger partial charge >= 0.3 is 6.03 Å². The van der Waals surface area contributed by atoms with Crippen LogP contribution >= 0.6 is 0 Å². The minimum Gasteiger partial charge on any atom is -0.351 e.